The number of hydrogen-bond donors (Lipinski definition) is 3. The lowest BCUT2D eigenvalue weighted by Crippen LogP contribution is -2.25. The Kier molecular flexibility index (Phi) is 4.73. The summed E-state index contributed by atoms with van der Waals surface area (Å²) in [6, 6.07) is 7.25. The zero-order valence-corrected chi connectivity index (χ0v) is 13.7. The third kappa shape index (κ3) is 3.69. The summed E-state index contributed by atoms with van der Waals surface area (Å²) in [5.74, 6) is 0.701. The fraction of sp³-hybridized carbons (Fsp3) is 0.250. The number of carbonyl (C=O) groups is 1. The zero-order chi connectivity index (χ0) is 17.1. The van der Waals surface area contributed by atoms with Gasteiger partial charge in [0, 0.05) is 28.7 Å². The number of hydrogen-bond acceptors (Lipinski definition) is 5. The third-order valence-corrected chi connectivity index (χ3v) is 3.69. The molecule has 0 atom stereocenters. The Labute approximate surface area is 142 Å². The first-order valence-corrected chi connectivity index (χ1v) is 7.66. The second-order valence-electron chi connectivity index (χ2n) is 5.32. The van der Waals surface area contributed by atoms with Gasteiger partial charge in [-0.25, -0.2) is 0 Å². The number of aromatic amines is 1. The highest BCUT2D eigenvalue weighted by Gasteiger charge is 2.10. The summed E-state index contributed by atoms with van der Waals surface area (Å²) < 4.78 is 10.8. The van der Waals surface area contributed by atoms with E-state index in [2.05, 4.69) is 15.5 Å². The van der Waals surface area contributed by atoms with Crippen LogP contribution in [-0.2, 0) is 17.9 Å². The first-order valence-electron chi connectivity index (χ1n) is 7.29. The maximum atomic E-state index is 11.1. The molecule has 2 aromatic heterocycles. The lowest BCUT2D eigenvalue weighted by molar-refractivity contribution is -0.123. The molecule has 3 rings (SSSR count). The normalized spacial score (nSPS) is 11.0. The van der Waals surface area contributed by atoms with Crippen molar-refractivity contribution >= 4 is 28.4 Å². The van der Waals surface area contributed by atoms with Gasteiger partial charge in [0.1, 0.15) is 19.0 Å². The van der Waals surface area contributed by atoms with Crippen molar-refractivity contribution in [2.45, 2.75) is 20.1 Å². The first-order chi connectivity index (χ1) is 11.5. The van der Waals surface area contributed by atoms with Crippen LogP contribution in [0, 0.1) is 6.92 Å². The predicted molar refractivity (Wildman–Crippen MR) is 87.8 cm³/mol. The molecule has 0 saturated heterocycles. The maximum absolute atomic E-state index is 11.1. The molecule has 3 N–H and O–H groups in total. The van der Waals surface area contributed by atoms with Crippen LogP contribution in [0.15, 0.2) is 28.8 Å². The summed E-state index contributed by atoms with van der Waals surface area (Å²) in [7, 11) is 0. The Balaban J connectivity index is 1.74. The molecular weight excluding hydrogens is 334 g/mol. The molecule has 0 spiro atoms. The van der Waals surface area contributed by atoms with Crippen LogP contribution in [-0.4, -0.2) is 27.8 Å². The van der Waals surface area contributed by atoms with Gasteiger partial charge in [0.2, 0.25) is 5.91 Å². The Morgan fingerprint density at radius 3 is 2.96 bits per heavy atom. The van der Waals surface area contributed by atoms with Crippen molar-refractivity contribution in [2.24, 2.45) is 0 Å². The molecule has 0 unspecified atom stereocenters. The number of aliphatic hydroxyl groups is 1. The number of fused-ring (bicyclic) bond motifs is 1. The molecule has 1 amide bonds. The van der Waals surface area contributed by atoms with E-state index < -0.39 is 12.5 Å². The van der Waals surface area contributed by atoms with Gasteiger partial charge in [0.05, 0.1) is 17.3 Å². The van der Waals surface area contributed by atoms with Crippen molar-refractivity contribution in [3.8, 4) is 5.75 Å². The van der Waals surface area contributed by atoms with E-state index in [-0.39, 0.29) is 6.61 Å². The average Bonchev–Trinajstić information content (AvgIpc) is 3.15. The maximum Gasteiger partial charge on any atom is 0.246 e. The molecule has 2 heterocycles. The van der Waals surface area contributed by atoms with Gasteiger partial charge in [0.25, 0.3) is 0 Å². The van der Waals surface area contributed by atoms with Gasteiger partial charge in [-0.15, -0.1) is 0 Å². The molecule has 1 aromatic carbocycles. The minimum absolute atomic E-state index is 0.228. The van der Waals surface area contributed by atoms with Crippen LogP contribution < -0.4 is 10.1 Å². The number of halogens is 1. The smallest absolute Gasteiger partial charge is 0.246 e. The fourth-order valence-corrected chi connectivity index (χ4v) is 2.51. The number of ether oxygens (including phenoxy) is 1. The standard InChI is InChI=1S/C16H16ClN3O4/c1-9-2-12(24-20-9)8-23-15-5-14-10(4-13(15)17)3-11(19-14)6-18-16(22)7-21/h2-5,19,21H,6-8H2,1H3,(H,18,22). The van der Waals surface area contributed by atoms with Gasteiger partial charge in [-0.1, -0.05) is 16.8 Å². The average molecular weight is 350 g/mol. The first kappa shape index (κ1) is 16.4. The summed E-state index contributed by atoms with van der Waals surface area (Å²) >= 11 is 6.25. The highest BCUT2D eigenvalue weighted by Crippen LogP contribution is 2.31. The summed E-state index contributed by atoms with van der Waals surface area (Å²) in [5.41, 5.74) is 2.41. The van der Waals surface area contributed by atoms with E-state index in [0.717, 1.165) is 22.3 Å². The molecule has 0 saturated carbocycles. The number of aromatic nitrogens is 2. The number of nitrogens with one attached hydrogen (secondary N) is 2. The summed E-state index contributed by atoms with van der Waals surface area (Å²) in [6.07, 6.45) is 0. The van der Waals surface area contributed by atoms with Gasteiger partial charge in [-0.2, -0.15) is 0 Å². The molecule has 8 heteroatoms. The zero-order valence-electron chi connectivity index (χ0n) is 12.9. The SMILES string of the molecule is Cc1cc(COc2cc3[nH]c(CNC(=O)CO)cc3cc2Cl)on1. The van der Waals surface area contributed by atoms with E-state index in [1.807, 2.05) is 13.0 Å². The predicted octanol–water partition coefficient (Wildman–Crippen LogP) is 2.31. The third-order valence-electron chi connectivity index (χ3n) is 3.40. The number of nitrogens with zero attached hydrogens (tertiary/aromatic N) is 1. The minimum Gasteiger partial charge on any atom is -0.484 e. The van der Waals surface area contributed by atoms with E-state index in [1.54, 1.807) is 18.2 Å². The van der Waals surface area contributed by atoms with Crippen molar-refractivity contribution in [1.82, 2.24) is 15.5 Å². The van der Waals surface area contributed by atoms with E-state index in [0.29, 0.717) is 23.1 Å². The number of amides is 1. The molecule has 0 aliphatic heterocycles. The largest absolute Gasteiger partial charge is 0.484 e. The highest BCUT2D eigenvalue weighted by molar-refractivity contribution is 6.32. The topological polar surface area (TPSA) is 100 Å². The molecule has 0 aliphatic carbocycles. The van der Waals surface area contributed by atoms with Crippen LogP contribution in [0.4, 0.5) is 0 Å². The van der Waals surface area contributed by atoms with Crippen molar-refractivity contribution in [1.29, 1.82) is 0 Å². The Morgan fingerprint density at radius 2 is 2.25 bits per heavy atom. The quantitative estimate of drug-likeness (QED) is 0.634. The summed E-state index contributed by atoms with van der Waals surface area (Å²) in [6.45, 7) is 1.82. The lowest BCUT2D eigenvalue weighted by Gasteiger charge is -2.06. The molecule has 24 heavy (non-hydrogen) atoms. The van der Waals surface area contributed by atoms with Crippen LogP contribution >= 0.6 is 11.6 Å². The van der Waals surface area contributed by atoms with E-state index in [4.69, 9.17) is 26.0 Å². The van der Waals surface area contributed by atoms with Gasteiger partial charge in [-0.3, -0.25) is 4.79 Å². The van der Waals surface area contributed by atoms with Crippen molar-refractivity contribution in [3.05, 3.63) is 46.4 Å². The second-order valence-corrected chi connectivity index (χ2v) is 5.73. The second kappa shape index (κ2) is 6.94. The highest BCUT2D eigenvalue weighted by atomic mass is 35.5. The molecule has 0 aliphatic rings. The molecule has 0 bridgehead atoms. The van der Waals surface area contributed by atoms with E-state index in [1.165, 1.54) is 0 Å². The van der Waals surface area contributed by atoms with Gasteiger partial charge >= 0.3 is 0 Å². The lowest BCUT2D eigenvalue weighted by atomic mass is 10.2. The molecule has 0 fully saturated rings. The van der Waals surface area contributed by atoms with Crippen molar-refractivity contribution < 1.29 is 19.2 Å². The van der Waals surface area contributed by atoms with Crippen molar-refractivity contribution in [2.75, 3.05) is 6.61 Å². The molecule has 126 valence electrons. The molecule has 0 radical (unpaired) electrons. The monoisotopic (exact) mass is 349 g/mol. The van der Waals surface area contributed by atoms with Crippen molar-refractivity contribution in [3.63, 3.8) is 0 Å². The van der Waals surface area contributed by atoms with Crippen LogP contribution in [0.1, 0.15) is 17.1 Å². The number of carbonyl (C=O) groups excluding carboxylic acids is 1. The number of aliphatic hydroxyl groups excluding tert-OH is 1. The summed E-state index contributed by atoms with van der Waals surface area (Å²) in [5, 5.41) is 16.5. The minimum atomic E-state index is -0.537. The fourth-order valence-electron chi connectivity index (χ4n) is 2.28. The van der Waals surface area contributed by atoms with Gasteiger partial charge in [0.15, 0.2) is 5.76 Å². The number of rotatable bonds is 6. The number of aryl methyl sites for hydroxylation is 1. The molecule has 3 aromatic rings. The van der Waals surface area contributed by atoms with Crippen LogP contribution in [0.3, 0.4) is 0 Å². The Bertz CT molecular complexity index is 871. The number of H-pyrrole nitrogens is 1. The molecule has 7 nitrogen and oxygen atoms in total. The molecular formula is C16H16ClN3O4. The van der Waals surface area contributed by atoms with Crippen LogP contribution in [0.5, 0.6) is 5.75 Å². The van der Waals surface area contributed by atoms with Gasteiger partial charge < -0.3 is 24.7 Å². The summed E-state index contributed by atoms with van der Waals surface area (Å²) in [4.78, 5) is 14.3. The van der Waals surface area contributed by atoms with E-state index >= 15 is 0 Å². The Morgan fingerprint density at radius 1 is 1.42 bits per heavy atom. The van der Waals surface area contributed by atoms with Gasteiger partial charge in [-0.05, 0) is 19.1 Å². The van der Waals surface area contributed by atoms with E-state index in [9.17, 15) is 4.79 Å². The Hall–Kier alpha value is -2.51. The van der Waals surface area contributed by atoms with Crippen LogP contribution in [0.25, 0.3) is 10.9 Å². The van der Waals surface area contributed by atoms with Crippen LogP contribution in [0.2, 0.25) is 5.02 Å². The number of benzene rings is 1.